The van der Waals surface area contributed by atoms with E-state index < -0.39 is 32.4 Å². The third-order valence-electron chi connectivity index (χ3n) is 5.80. The molecule has 1 aromatic rings. The molecule has 180 valence electrons. The van der Waals surface area contributed by atoms with Gasteiger partial charge in [-0.05, 0) is 42.7 Å². The van der Waals surface area contributed by atoms with Crippen LogP contribution >= 0.6 is 0 Å². The molecule has 8 heteroatoms. The van der Waals surface area contributed by atoms with Gasteiger partial charge in [-0.1, -0.05) is 51.5 Å². The molecule has 0 aliphatic heterocycles. The number of aliphatic carboxylic acids is 1. The second kappa shape index (κ2) is 11.6. The van der Waals surface area contributed by atoms with Crippen molar-refractivity contribution in [1.82, 2.24) is 0 Å². The highest BCUT2D eigenvalue weighted by Crippen LogP contribution is 2.34. The Kier molecular flexibility index (Phi) is 10.1. The molecule has 32 heavy (non-hydrogen) atoms. The lowest BCUT2D eigenvalue weighted by atomic mass is 9.76. The highest BCUT2D eigenvalue weighted by atomic mass is 32.2. The van der Waals surface area contributed by atoms with Crippen molar-refractivity contribution >= 4 is 27.6 Å². The van der Waals surface area contributed by atoms with E-state index in [1.165, 1.54) is 7.11 Å². The van der Waals surface area contributed by atoms with Gasteiger partial charge in [0.1, 0.15) is 11.5 Å². The van der Waals surface area contributed by atoms with Crippen molar-refractivity contribution < 1.29 is 32.6 Å². The van der Waals surface area contributed by atoms with E-state index in [-0.39, 0.29) is 30.3 Å². The minimum absolute atomic E-state index is 0.113. The number of esters is 1. The van der Waals surface area contributed by atoms with Crippen molar-refractivity contribution in [1.29, 1.82) is 0 Å². The number of aryl methyl sites for hydroxylation is 1. The van der Waals surface area contributed by atoms with E-state index in [1.54, 1.807) is 26.0 Å². The first-order valence-corrected chi connectivity index (χ1v) is 12.7. The molecule has 0 aliphatic rings. The first kappa shape index (κ1) is 27.8. The third-order valence-corrected chi connectivity index (χ3v) is 7.78. The quantitative estimate of drug-likeness (QED) is 0.414. The molecule has 0 radical (unpaired) electrons. The number of hydrogen-bond donors (Lipinski definition) is 1. The number of Topliss-reactive ketones (excluding diaryl/α,β-unsaturated/α-hetero) is 1. The molecule has 0 saturated carbocycles. The Balaban J connectivity index is 2.88. The molecule has 7 nitrogen and oxygen atoms in total. The Morgan fingerprint density at radius 2 is 1.75 bits per heavy atom. The van der Waals surface area contributed by atoms with Crippen LogP contribution < -0.4 is 0 Å². The minimum Gasteiger partial charge on any atom is -0.481 e. The number of methoxy groups -OCH3 is 1. The molecule has 0 amide bonds. The number of benzene rings is 1. The van der Waals surface area contributed by atoms with Gasteiger partial charge in [-0.3, -0.25) is 14.4 Å². The van der Waals surface area contributed by atoms with Crippen LogP contribution in [0.15, 0.2) is 24.3 Å². The topological polar surface area (TPSA) is 115 Å². The van der Waals surface area contributed by atoms with Crippen LogP contribution in [0.5, 0.6) is 0 Å². The van der Waals surface area contributed by atoms with Crippen LogP contribution in [0.4, 0.5) is 0 Å². The molecule has 1 N–H and O–H groups in total. The first-order chi connectivity index (χ1) is 14.7. The molecule has 0 heterocycles. The SMILES string of the molecule is CCC(=O)CS(=O)(=O)CC(C)(C)CCCC(C)(C(=O)O)c1cccc(CCC(=O)OC)c1. The molecular formula is C24H36O7S. The van der Waals surface area contributed by atoms with E-state index in [0.29, 0.717) is 31.2 Å². The molecular weight excluding hydrogens is 432 g/mol. The average molecular weight is 469 g/mol. The van der Waals surface area contributed by atoms with Gasteiger partial charge in [-0.25, -0.2) is 8.42 Å². The first-order valence-electron chi connectivity index (χ1n) is 10.9. The Hall–Kier alpha value is -2.22. The Labute approximate surface area is 191 Å². The van der Waals surface area contributed by atoms with E-state index in [1.807, 2.05) is 26.0 Å². The lowest BCUT2D eigenvalue weighted by Crippen LogP contribution is -2.33. The van der Waals surface area contributed by atoms with Crippen LogP contribution in [0.2, 0.25) is 0 Å². The molecule has 1 rings (SSSR count). The van der Waals surface area contributed by atoms with E-state index in [0.717, 1.165) is 5.56 Å². The molecule has 0 bridgehead atoms. The number of ether oxygens (including phenoxy) is 1. The summed E-state index contributed by atoms with van der Waals surface area (Å²) in [6, 6.07) is 7.20. The van der Waals surface area contributed by atoms with Crippen LogP contribution in [-0.2, 0) is 40.8 Å². The molecule has 0 fully saturated rings. The number of carboxylic acids is 1. The predicted octanol–water partition coefficient (Wildman–Crippen LogP) is 3.72. The van der Waals surface area contributed by atoms with Crippen molar-refractivity contribution in [3.05, 3.63) is 35.4 Å². The summed E-state index contributed by atoms with van der Waals surface area (Å²) in [6.07, 6.45) is 2.22. The summed E-state index contributed by atoms with van der Waals surface area (Å²) in [6.45, 7) is 6.96. The predicted molar refractivity (Wildman–Crippen MR) is 123 cm³/mol. The highest BCUT2D eigenvalue weighted by molar-refractivity contribution is 7.92. The maximum atomic E-state index is 12.3. The lowest BCUT2D eigenvalue weighted by Gasteiger charge is -2.29. The standard InChI is InChI=1S/C24H36O7S/c1-6-20(25)16-32(29,30)17-23(2,3)13-8-14-24(4,22(27)28)19-10-7-9-18(15-19)11-12-21(26)31-5/h7,9-10,15H,6,8,11-14,16-17H2,1-5H3,(H,27,28). The fourth-order valence-electron chi connectivity index (χ4n) is 3.78. The van der Waals surface area contributed by atoms with Gasteiger partial charge >= 0.3 is 11.9 Å². The van der Waals surface area contributed by atoms with Gasteiger partial charge in [0.05, 0.1) is 18.3 Å². The zero-order valence-electron chi connectivity index (χ0n) is 19.8. The van der Waals surface area contributed by atoms with Crippen molar-refractivity contribution in [2.45, 2.75) is 71.6 Å². The molecule has 0 aromatic heterocycles. The summed E-state index contributed by atoms with van der Waals surface area (Å²) in [5.74, 6) is -2.14. The fraction of sp³-hybridized carbons (Fsp3) is 0.625. The van der Waals surface area contributed by atoms with Gasteiger partial charge in [0.15, 0.2) is 9.84 Å². The van der Waals surface area contributed by atoms with E-state index in [4.69, 9.17) is 0 Å². The zero-order valence-corrected chi connectivity index (χ0v) is 20.6. The summed E-state index contributed by atoms with van der Waals surface area (Å²) in [5, 5.41) is 9.97. The molecule has 0 saturated heterocycles. The zero-order chi connectivity index (χ0) is 24.6. The molecule has 0 aliphatic carbocycles. The number of carbonyl (C=O) groups is 3. The Bertz CT molecular complexity index is 918. The largest absolute Gasteiger partial charge is 0.481 e. The van der Waals surface area contributed by atoms with Crippen molar-refractivity contribution in [2.75, 3.05) is 18.6 Å². The van der Waals surface area contributed by atoms with Gasteiger partial charge in [-0.2, -0.15) is 0 Å². The maximum Gasteiger partial charge on any atom is 0.313 e. The monoisotopic (exact) mass is 468 g/mol. The van der Waals surface area contributed by atoms with Crippen molar-refractivity contribution in [2.24, 2.45) is 5.41 Å². The van der Waals surface area contributed by atoms with Crippen LogP contribution in [-0.4, -0.2) is 49.9 Å². The van der Waals surface area contributed by atoms with Gasteiger partial charge in [0.25, 0.3) is 0 Å². The number of ketones is 1. The van der Waals surface area contributed by atoms with Gasteiger partial charge < -0.3 is 9.84 Å². The minimum atomic E-state index is -3.51. The summed E-state index contributed by atoms with van der Waals surface area (Å²) in [4.78, 5) is 35.1. The lowest BCUT2D eigenvalue weighted by molar-refractivity contribution is -0.143. The highest BCUT2D eigenvalue weighted by Gasteiger charge is 2.36. The average Bonchev–Trinajstić information content (AvgIpc) is 2.70. The summed E-state index contributed by atoms with van der Waals surface area (Å²) < 4.78 is 29.3. The number of carboxylic acid groups (broad SMARTS) is 1. The van der Waals surface area contributed by atoms with E-state index in [2.05, 4.69) is 4.74 Å². The summed E-state index contributed by atoms with van der Waals surface area (Å²) in [5.41, 5.74) is -0.220. The maximum absolute atomic E-state index is 12.3. The smallest absolute Gasteiger partial charge is 0.313 e. The van der Waals surface area contributed by atoms with Crippen LogP contribution in [0.1, 0.15) is 70.9 Å². The second-order valence-corrected chi connectivity index (χ2v) is 11.4. The van der Waals surface area contributed by atoms with E-state index in [9.17, 15) is 27.9 Å². The summed E-state index contributed by atoms with van der Waals surface area (Å²) >= 11 is 0. The molecule has 1 aromatic carbocycles. The number of carbonyl (C=O) groups excluding carboxylic acids is 2. The van der Waals surface area contributed by atoms with Crippen LogP contribution in [0, 0.1) is 5.41 Å². The molecule has 1 atom stereocenters. The van der Waals surface area contributed by atoms with Gasteiger partial charge in [0, 0.05) is 12.8 Å². The van der Waals surface area contributed by atoms with Crippen molar-refractivity contribution in [3.63, 3.8) is 0 Å². The Morgan fingerprint density at radius 1 is 1.09 bits per heavy atom. The van der Waals surface area contributed by atoms with Crippen molar-refractivity contribution in [3.8, 4) is 0 Å². The van der Waals surface area contributed by atoms with Crippen LogP contribution in [0.3, 0.4) is 0 Å². The molecule has 0 spiro atoms. The Morgan fingerprint density at radius 3 is 2.31 bits per heavy atom. The van der Waals surface area contributed by atoms with Crippen LogP contribution in [0.25, 0.3) is 0 Å². The normalized spacial score (nSPS) is 13.9. The van der Waals surface area contributed by atoms with E-state index >= 15 is 0 Å². The fourth-order valence-corrected chi connectivity index (χ4v) is 5.91. The number of hydrogen-bond acceptors (Lipinski definition) is 6. The molecule has 1 unspecified atom stereocenters. The number of sulfone groups is 1. The third kappa shape index (κ3) is 8.73. The van der Waals surface area contributed by atoms with Gasteiger partial charge in [-0.15, -0.1) is 0 Å². The number of rotatable bonds is 14. The second-order valence-electron chi connectivity index (χ2n) is 9.36. The summed E-state index contributed by atoms with van der Waals surface area (Å²) in [7, 11) is -2.18. The van der Waals surface area contributed by atoms with Gasteiger partial charge in [0.2, 0.25) is 0 Å².